The SMILES string of the molecule is C1=C(N(c2ccccc2)c2ccc(-c3ccccc3N(c3ccccc3)c3ccc4c5ccc6c7ccccc7sc6c5n(-c5ccc6c(c5)Cc5ccccc5-6)c4c3)cc2)CCC(n2c3ccccc3c3ccccc32)=C1. The second kappa shape index (κ2) is 18.0. The topological polar surface area (TPSA) is 16.3 Å². The van der Waals surface area contributed by atoms with E-state index in [9.17, 15) is 0 Å². The Kier molecular flexibility index (Phi) is 10.3. The fourth-order valence-electron chi connectivity index (χ4n) is 12.9. The van der Waals surface area contributed by atoms with Crippen LogP contribution in [0.1, 0.15) is 24.0 Å². The van der Waals surface area contributed by atoms with Crippen LogP contribution in [0.25, 0.3) is 97.4 Å². The number of allylic oxidation sites excluding steroid dienone is 4. The largest absolute Gasteiger partial charge is 0.314 e. The molecule has 3 aromatic heterocycles. The summed E-state index contributed by atoms with van der Waals surface area (Å²) in [6.07, 6.45) is 7.42. The van der Waals surface area contributed by atoms with Gasteiger partial charge in [-0.15, -0.1) is 11.3 Å². The van der Waals surface area contributed by atoms with Crippen molar-refractivity contribution in [2.24, 2.45) is 0 Å². The number of rotatable bonds is 9. The monoisotopic (exact) mass is 1010 g/mol. The summed E-state index contributed by atoms with van der Waals surface area (Å²) in [4.78, 5) is 4.88. The molecule has 16 rings (SSSR count). The molecule has 0 atom stereocenters. The van der Waals surface area contributed by atoms with Gasteiger partial charge in [0.05, 0.1) is 32.5 Å². The van der Waals surface area contributed by atoms with Gasteiger partial charge in [-0.2, -0.15) is 0 Å². The molecule has 3 heterocycles. The Morgan fingerprint density at radius 1 is 0.359 bits per heavy atom. The summed E-state index contributed by atoms with van der Waals surface area (Å²) in [6.45, 7) is 0. The molecule has 2 aliphatic carbocycles. The Balaban J connectivity index is 0.820. The number of aromatic nitrogens is 2. The molecule has 0 fully saturated rings. The smallest absolute Gasteiger partial charge is 0.0719 e. The average Bonchev–Trinajstić information content (AvgIpc) is 4.41. The Labute approximate surface area is 456 Å². The number of thiophene rings is 1. The van der Waals surface area contributed by atoms with Gasteiger partial charge in [-0.1, -0.05) is 170 Å². The number of nitrogens with zero attached hydrogens (tertiary/aromatic N) is 4. The Hall–Kier alpha value is -9.68. The molecule has 368 valence electrons. The molecular weight excluding hydrogens is 965 g/mol. The van der Waals surface area contributed by atoms with Crippen molar-refractivity contribution in [3.8, 4) is 27.9 Å². The quantitative estimate of drug-likeness (QED) is 0.143. The van der Waals surface area contributed by atoms with Crippen LogP contribution < -0.4 is 9.80 Å². The van der Waals surface area contributed by atoms with Crippen molar-refractivity contribution in [2.75, 3.05) is 9.80 Å². The lowest BCUT2D eigenvalue weighted by molar-refractivity contribution is 0.895. The molecule has 78 heavy (non-hydrogen) atoms. The van der Waals surface area contributed by atoms with Crippen molar-refractivity contribution < 1.29 is 0 Å². The maximum absolute atomic E-state index is 2.56. The zero-order chi connectivity index (χ0) is 51.3. The molecule has 0 amide bonds. The molecule has 0 aliphatic heterocycles. The third-order valence-electron chi connectivity index (χ3n) is 16.4. The molecule has 0 unspecified atom stereocenters. The first-order valence-electron chi connectivity index (χ1n) is 27.1. The number of fused-ring (bicyclic) bond motifs is 13. The van der Waals surface area contributed by atoms with E-state index >= 15 is 0 Å². The highest BCUT2D eigenvalue weighted by Crippen LogP contribution is 2.48. The zero-order valence-electron chi connectivity index (χ0n) is 42.7. The van der Waals surface area contributed by atoms with E-state index in [2.05, 4.69) is 286 Å². The Morgan fingerprint density at radius 2 is 0.949 bits per heavy atom. The molecule has 0 bridgehead atoms. The van der Waals surface area contributed by atoms with Crippen molar-refractivity contribution in [2.45, 2.75) is 19.3 Å². The number of hydrogen-bond acceptors (Lipinski definition) is 3. The molecular formula is C73H50N4S. The summed E-state index contributed by atoms with van der Waals surface area (Å²) < 4.78 is 7.65. The van der Waals surface area contributed by atoms with Crippen LogP contribution in [0.2, 0.25) is 0 Å². The van der Waals surface area contributed by atoms with E-state index in [4.69, 9.17) is 0 Å². The van der Waals surface area contributed by atoms with Crippen molar-refractivity contribution >= 4 is 109 Å². The van der Waals surface area contributed by atoms with Crippen LogP contribution in [0.5, 0.6) is 0 Å². The van der Waals surface area contributed by atoms with Gasteiger partial charge in [0.1, 0.15) is 0 Å². The normalized spacial score (nSPS) is 13.1. The average molecular weight is 1020 g/mol. The molecule has 0 saturated heterocycles. The molecule has 2 aliphatic rings. The lowest BCUT2D eigenvalue weighted by atomic mass is 10.00. The predicted octanol–water partition coefficient (Wildman–Crippen LogP) is 20.3. The molecule has 0 saturated carbocycles. The summed E-state index contributed by atoms with van der Waals surface area (Å²) >= 11 is 1.90. The van der Waals surface area contributed by atoms with E-state index in [1.807, 2.05) is 11.3 Å². The highest BCUT2D eigenvalue weighted by atomic mass is 32.1. The van der Waals surface area contributed by atoms with E-state index in [1.165, 1.54) is 103 Å². The van der Waals surface area contributed by atoms with Gasteiger partial charge in [0.15, 0.2) is 0 Å². The summed E-state index contributed by atoms with van der Waals surface area (Å²) in [7, 11) is 0. The summed E-state index contributed by atoms with van der Waals surface area (Å²) in [5.74, 6) is 0. The molecule has 0 radical (unpaired) electrons. The number of para-hydroxylation sites is 5. The molecule has 14 aromatic rings. The minimum Gasteiger partial charge on any atom is -0.314 e. The maximum atomic E-state index is 2.56. The first-order valence-corrected chi connectivity index (χ1v) is 27.9. The Bertz CT molecular complexity index is 4710. The third kappa shape index (κ3) is 7.05. The second-order valence-electron chi connectivity index (χ2n) is 20.7. The van der Waals surface area contributed by atoms with Gasteiger partial charge in [-0.05, 0) is 144 Å². The lowest BCUT2D eigenvalue weighted by Crippen LogP contribution is -2.18. The number of anilines is 5. The van der Waals surface area contributed by atoms with Crippen LogP contribution in [0.15, 0.2) is 273 Å². The van der Waals surface area contributed by atoms with Gasteiger partial charge < -0.3 is 18.9 Å². The van der Waals surface area contributed by atoms with Crippen molar-refractivity contribution in [1.29, 1.82) is 0 Å². The van der Waals surface area contributed by atoms with E-state index in [1.54, 1.807) is 0 Å². The lowest BCUT2D eigenvalue weighted by Gasteiger charge is -2.30. The fraction of sp³-hybridized carbons (Fsp3) is 0.0411. The van der Waals surface area contributed by atoms with Crippen LogP contribution in [-0.4, -0.2) is 9.13 Å². The first kappa shape index (κ1) is 44.6. The van der Waals surface area contributed by atoms with E-state index in [-0.39, 0.29) is 0 Å². The zero-order valence-corrected chi connectivity index (χ0v) is 43.5. The van der Waals surface area contributed by atoms with Crippen molar-refractivity contribution in [1.82, 2.24) is 9.13 Å². The molecule has 4 nitrogen and oxygen atoms in total. The van der Waals surface area contributed by atoms with Gasteiger partial charge in [0.25, 0.3) is 0 Å². The fourth-order valence-corrected chi connectivity index (χ4v) is 14.2. The van der Waals surface area contributed by atoms with Gasteiger partial charge >= 0.3 is 0 Å². The van der Waals surface area contributed by atoms with E-state index in [0.717, 1.165) is 58.8 Å². The van der Waals surface area contributed by atoms with Gasteiger partial charge in [-0.3, -0.25) is 0 Å². The molecule has 11 aromatic carbocycles. The molecule has 5 heteroatoms. The second-order valence-corrected chi connectivity index (χ2v) is 21.8. The van der Waals surface area contributed by atoms with Crippen molar-refractivity contribution in [3.63, 3.8) is 0 Å². The first-order chi connectivity index (χ1) is 38.7. The summed E-state index contributed by atoms with van der Waals surface area (Å²) in [5.41, 5.74) is 22.0. The van der Waals surface area contributed by atoms with Crippen LogP contribution in [0, 0.1) is 0 Å². The minimum atomic E-state index is 0.900. The van der Waals surface area contributed by atoms with Crippen LogP contribution in [0.3, 0.4) is 0 Å². The number of benzene rings is 11. The maximum Gasteiger partial charge on any atom is 0.0719 e. The van der Waals surface area contributed by atoms with E-state index < -0.39 is 0 Å². The molecule has 0 spiro atoms. The number of hydrogen-bond donors (Lipinski definition) is 0. The van der Waals surface area contributed by atoms with Gasteiger partial charge in [-0.25, -0.2) is 0 Å². The third-order valence-corrected chi connectivity index (χ3v) is 17.6. The highest BCUT2D eigenvalue weighted by molar-refractivity contribution is 7.26. The Morgan fingerprint density at radius 3 is 1.71 bits per heavy atom. The van der Waals surface area contributed by atoms with Crippen LogP contribution in [0.4, 0.5) is 28.4 Å². The van der Waals surface area contributed by atoms with E-state index in [0.29, 0.717) is 0 Å². The van der Waals surface area contributed by atoms with Crippen LogP contribution in [-0.2, 0) is 6.42 Å². The van der Waals surface area contributed by atoms with Gasteiger partial charge in [0.2, 0.25) is 0 Å². The standard InChI is InChI=1S/C73H50N4S/c1-3-18-51(19-4-1)74(54-35-37-55(38-36-54)76-68-28-14-10-24-61(68)62-25-11-15-29-69(62)76)53-33-31-48(32-34-53)60-23-9-13-27-67(60)75(52-20-5-2-6-21-52)57-40-42-63-65-43-44-66-64-26-12-16-30-71(64)78-73(66)72(65)77(70(63)47-57)56-39-41-59-50(46-56)45-49-17-7-8-22-58(49)59/h1-35,37,39-44,46-47H,36,38,45H2. The molecule has 0 N–H and O–H groups in total. The van der Waals surface area contributed by atoms with Crippen LogP contribution >= 0.6 is 11.3 Å². The van der Waals surface area contributed by atoms with Gasteiger partial charge in [0, 0.05) is 82.4 Å². The summed E-state index contributed by atoms with van der Waals surface area (Å²) in [6, 6.07) is 94.1. The predicted molar refractivity (Wildman–Crippen MR) is 332 cm³/mol. The summed E-state index contributed by atoms with van der Waals surface area (Å²) in [5, 5.41) is 7.69. The highest BCUT2D eigenvalue weighted by Gasteiger charge is 2.26. The minimum absolute atomic E-state index is 0.900. The van der Waals surface area contributed by atoms with Crippen molar-refractivity contribution in [3.05, 3.63) is 284 Å².